The van der Waals surface area contributed by atoms with E-state index in [-0.39, 0.29) is 0 Å². The van der Waals surface area contributed by atoms with Crippen LogP contribution in [0.3, 0.4) is 0 Å². The second-order valence-electron chi connectivity index (χ2n) is 4.87. The summed E-state index contributed by atoms with van der Waals surface area (Å²) in [5.74, 6) is 0.528. The van der Waals surface area contributed by atoms with Gasteiger partial charge in [0.2, 0.25) is 0 Å². The summed E-state index contributed by atoms with van der Waals surface area (Å²) in [4.78, 5) is 0. The third-order valence-electron chi connectivity index (χ3n) is 2.92. The molecule has 0 unspecified atom stereocenters. The van der Waals surface area contributed by atoms with Crippen LogP contribution in [-0.4, -0.2) is 5.11 Å². The molecule has 2 rings (SSSR count). The molecule has 2 N–H and O–H groups in total. The van der Waals surface area contributed by atoms with E-state index in [4.69, 9.17) is 23.8 Å². The third kappa shape index (κ3) is 4.22. The van der Waals surface area contributed by atoms with Gasteiger partial charge in [0.05, 0.1) is 0 Å². The molecule has 2 nitrogen and oxygen atoms in total. The predicted molar refractivity (Wildman–Crippen MR) is 91.8 cm³/mol. The number of rotatable bonds is 3. The Morgan fingerprint density at radius 3 is 2.25 bits per heavy atom. The maximum atomic E-state index is 5.93. The first-order chi connectivity index (χ1) is 9.54. The molecule has 0 heterocycles. The number of anilines is 2. The summed E-state index contributed by atoms with van der Waals surface area (Å²) in [6.07, 6.45) is 0. The lowest BCUT2D eigenvalue weighted by atomic mass is 10.0. The minimum Gasteiger partial charge on any atom is -0.332 e. The van der Waals surface area contributed by atoms with Gasteiger partial charge in [-0.3, -0.25) is 0 Å². The van der Waals surface area contributed by atoms with Crippen molar-refractivity contribution in [2.45, 2.75) is 19.8 Å². The predicted octanol–water partition coefficient (Wildman–Crippen LogP) is 5.27. The van der Waals surface area contributed by atoms with Crippen molar-refractivity contribution in [2.75, 3.05) is 10.6 Å². The molecule has 0 fully saturated rings. The molecule has 0 amide bonds. The molecule has 4 heteroatoms. The highest BCUT2D eigenvalue weighted by Gasteiger charge is 2.01. The zero-order valence-corrected chi connectivity index (χ0v) is 13.1. The quantitative estimate of drug-likeness (QED) is 0.755. The van der Waals surface area contributed by atoms with Gasteiger partial charge < -0.3 is 10.6 Å². The van der Waals surface area contributed by atoms with Crippen LogP contribution in [0.15, 0.2) is 48.5 Å². The Bertz CT molecular complexity index is 594. The molecule has 20 heavy (non-hydrogen) atoms. The summed E-state index contributed by atoms with van der Waals surface area (Å²) >= 11 is 11.2. The molecule has 104 valence electrons. The van der Waals surface area contributed by atoms with Crippen LogP contribution in [-0.2, 0) is 0 Å². The number of hydrogen-bond donors (Lipinski definition) is 2. The van der Waals surface area contributed by atoms with E-state index in [1.165, 1.54) is 5.56 Å². The molecule has 2 aromatic rings. The van der Waals surface area contributed by atoms with Gasteiger partial charge in [-0.15, -0.1) is 0 Å². The van der Waals surface area contributed by atoms with Crippen LogP contribution in [0.4, 0.5) is 11.4 Å². The number of benzene rings is 2. The third-order valence-corrected chi connectivity index (χ3v) is 3.36. The molecule has 0 aromatic heterocycles. The monoisotopic (exact) mass is 304 g/mol. The van der Waals surface area contributed by atoms with Crippen LogP contribution in [0, 0.1) is 0 Å². The van der Waals surface area contributed by atoms with Crippen molar-refractivity contribution in [3.8, 4) is 0 Å². The van der Waals surface area contributed by atoms with Gasteiger partial charge in [-0.2, -0.15) is 0 Å². The van der Waals surface area contributed by atoms with Gasteiger partial charge in [-0.25, -0.2) is 0 Å². The zero-order chi connectivity index (χ0) is 14.5. The van der Waals surface area contributed by atoms with Gasteiger partial charge in [-0.1, -0.05) is 43.6 Å². The van der Waals surface area contributed by atoms with Crippen LogP contribution < -0.4 is 10.6 Å². The van der Waals surface area contributed by atoms with Crippen LogP contribution >= 0.6 is 23.8 Å². The lowest BCUT2D eigenvalue weighted by Crippen LogP contribution is -2.18. The fraction of sp³-hybridized carbons (Fsp3) is 0.188. The fourth-order valence-corrected chi connectivity index (χ4v) is 2.24. The highest BCUT2D eigenvalue weighted by atomic mass is 35.5. The standard InChI is InChI=1S/C16H17ClN2S/c1-11(2)12-6-8-14(9-7-12)18-16(20)19-15-5-3-4-13(17)10-15/h3-11H,1-2H3,(H2,18,19,20). The van der Waals surface area contributed by atoms with Gasteiger partial charge >= 0.3 is 0 Å². The van der Waals surface area contributed by atoms with Crippen molar-refractivity contribution in [1.29, 1.82) is 0 Å². The number of halogens is 1. The molecule has 0 bridgehead atoms. The zero-order valence-electron chi connectivity index (χ0n) is 11.5. The Labute approximate surface area is 130 Å². The largest absolute Gasteiger partial charge is 0.332 e. The molecular weight excluding hydrogens is 288 g/mol. The first kappa shape index (κ1) is 14.8. The Morgan fingerprint density at radius 1 is 1.00 bits per heavy atom. The van der Waals surface area contributed by atoms with Gasteiger partial charge in [0.15, 0.2) is 5.11 Å². The lowest BCUT2D eigenvalue weighted by Gasteiger charge is -2.12. The average Bonchev–Trinajstić information content (AvgIpc) is 2.39. The van der Waals surface area contributed by atoms with Crippen molar-refractivity contribution in [1.82, 2.24) is 0 Å². The Balaban J connectivity index is 1.97. The fourth-order valence-electron chi connectivity index (χ4n) is 1.81. The SMILES string of the molecule is CC(C)c1ccc(NC(=S)Nc2cccc(Cl)c2)cc1. The highest BCUT2D eigenvalue weighted by molar-refractivity contribution is 7.80. The van der Waals surface area contributed by atoms with Crippen LogP contribution in [0.2, 0.25) is 5.02 Å². The molecular formula is C16H17ClN2S. The van der Waals surface area contributed by atoms with Crippen molar-refractivity contribution in [3.63, 3.8) is 0 Å². The van der Waals surface area contributed by atoms with E-state index < -0.39 is 0 Å². The minimum atomic E-state index is 0.528. The molecule has 0 radical (unpaired) electrons. The van der Waals surface area contributed by atoms with E-state index in [0.717, 1.165) is 11.4 Å². The van der Waals surface area contributed by atoms with E-state index in [0.29, 0.717) is 16.1 Å². The topological polar surface area (TPSA) is 24.1 Å². The lowest BCUT2D eigenvalue weighted by molar-refractivity contribution is 0.867. The van der Waals surface area contributed by atoms with Gasteiger partial charge in [0, 0.05) is 16.4 Å². The van der Waals surface area contributed by atoms with Gasteiger partial charge in [-0.05, 0) is 54.0 Å². The Hall–Kier alpha value is -1.58. The Kier molecular flexibility index (Phi) is 4.99. The van der Waals surface area contributed by atoms with Gasteiger partial charge in [0.1, 0.15) is 0 Å². The highest BCUT2D eigenvalue weighted by Crippen LogP contribution is 2.18. The summed E-state index contributed by atoms with van der Waals surface area (Å²) in [7, 11) is 0. The average molecular weight is 305 g/mol. The smallest absolute Gasteiger partial charge is 0.175 e. The first-order valence-electron chi connectivity index (χ1n) is 6.48. The van der Waals surface area contributed by atoms with Crippen LogP contribution in [0.25, 0.3) is 0 Å². The summed E-state index contributed by atoms with van der Waals surface area (Å²) in [5, 5.41) is 7.48. The minimum absolute atomic E-state index is 0.528. The van der Waals surface area contributed by atoms with Crippen molar-refractivity contribution >= 4 is 40.3 Å². The molecule has 0 aliphatic rings. The second kappa shape index (κ2) is 6.73. The van der Waals surface area contributed by atoms with Gasteiger partial charge in [0.25, 0.3) is 0 Å². The van der Waals surface area contributed by atoms with E-state index in [1.54, 1.807) is 0 Å². The van der Waals surface area contributed by atoms with Crippen molar-refractivity contribution in [3.05, 3.63) is 59.1 Å². The number of thiocarbonyl (C=S) groups is 1. The first-order valence-corrected chi connectivity index (χ1v) is 7.27. The molecule has 0 aliphatic heterocycles. The number of nitrogens with one attached hydrogen (secondary N) is 2. The Morgan fingerprint density at radius 2 is 1.65 bits per heavy atom. The van der Waals surface area contributed by atoms with E-state index >= 15 is 0 Å². The second-order valence-corrected chi connectivity index (χ2v) is 5.71. The van der Waals surface area contributed by atoms with E-state index in [1.807, 2.05) is 36.4 Å². The summed E-state index contributed by atoms with van der Waals surface area (Å²) in [6, 6.07) is 15.7. The molecule has 2 aromatic carbocycles. The number of hydrogen-bond acceptors (Lipinski definition) is 1. The van der Waals surface area contributed by atoms with Crippen LogP contribution in [0.1, 0.15) is 25.3 Å². The molecule has 0 spiro atoms. The summed E-state index contributed by atoms with van der Waals surface area (Å²) < 4.78 is 0. The molecule has 0 aliphatic carbocycles. The summed E-state index contributed by atoms with van der Waals surface area (Å²) in [5.41, 5.74) is 3.15. The van der Waals surface area contributed by atoms with Crippen molar-refractivity contribution < 1.29 is 0 Å². The molecule has 0 atom stereocenters. The van der Waals surface area contributed by atoms with E-state index in [9.17, 15) is 0 Å². The maximum absolute atomic E-state index is 5.93. The maximum Gasteiger partial charge on any atom is 0.175 e. The molecule has 0 saturated heterocycles. The molecule has 0 saturated carbocycles. The van der Waals surface area contributed by atoms with Crippen LogP contribution in [0.5, 0.6) is 0 Å². The van der Waals surface area contributed by atoms with E-state index in [2.05, 4.69) is 36.6 Å². The normalized spacial score (nSPS) is 10.4. The van der Waals surface area contributed by atoms with Crippen molar-refractivity contribution in [2.24, 2.45) is 0 Å². The summed E-state index contributed by atoms with van der Waals surface area (Å²) in [6.45, 7) is 4.35.